The van der Waals surface area contributed by atoms with E-state index in [1.165, 1.54) is 17.3 Å². The highest BCUT2D eigenvalue weighted by Gasteiger charge is 2.36. The van der Waals surface area contributed by atoms with Crippen LogP contribution < -0.4 is 5.73 Å². The average Bonchev–Trinajstić information content (AvgIpc) is 2.82. The monoisotopic (exact) mass is 288 g/mol. The number of nitrogens with two attached hydrogens (primary N) is 1. The molecular weight excluding hydrogens is 271 g/mol. The Balaban J connectivity index is 2.51. The molecule has 0 unspecified atom stereocenters. The molecule has 0 spiro atoms. The number of halogens is 1. The van der Waals surface area contributed by atoms with E-state index in [1.54, 1.807) is 0 Å². The van der Waals surface area contributed by atoms with Crippen molar-refractivity contribution in [2.75, 3.05) is 18.9 Å². The molecule has 5 nitrogen and oxygen atoms in total. The van der Waals surface area contributed by atoms with Gasteiger partial charge in [0, 0.05) is 23.8 Å². The lowest BCUT2D eigenvalue weighted by Crippen LogP contribution is -2.38. The molecule has 1 aromatic rings. The molecule has 1 heterocycles. The molecular formula is C12H17FN2O3S. The summed E-state index contributed by atoms with van der Waals surface area (Å²) in [6.07, 6.45) is 1.30. The van der Waals surface area contributed by atoms with Crippen LogP contribution in [0.2, 0.25) is 0 Å². The molecule has 0 amide bonds. The lowest BCUT2D eigenvalue weighted by Gasteiger charge is -2.23. The van der Waals surface area contributed by atoms with Crippen molar-refractivity contribution in [2.45, 2.75) is 30.7 Å². The molecule has 0 radical (unpaired) electrons. The van der Waals surface area contributed by atoms with Crippen molar-refractivity contribution in [1.82, 2.24) is 4.31 Å². The van der Waals surface area contributed by atoms with Gasteiger partial charge >= 0.3 is 0 Å². The first-order valence-corrected chi connectivity index (χ1v) is 7.50. The summed E-state index contributed by atoms with van der Waals surface area (Å²) < 4.78 is 39.9. The quantitative estimate of drug-likeness (QED) is 0.808. The first-order valence-electron chi connectivity index (χ1n) is 6.06. The fraction of sp³-hybridized carbons (Fsp3) is 0.500. The van der Waals surface area contributed by atoms with Crippen molar-refractivity contribution < 1.29 is 17.9 Å². The third-order valence-electron chi connectivity index (χ3n) is 3.44. The number of hydrogen-bond donors (Lipinski definition) is 2. The number of nitrogens with zero attached hydrogens (tertiary/aromatic N) is 1. The van der Waals surface area contributed by atoms with E-state index in [4.69, 9.17) is 5.73 Å². The Morgan fingerprint density at radius 3 is 2.84 bits per heavy atom. The molecule has 1 atom stereocenters. The van der Waals surface area contributed by atoms with Crippen LogP contribution in [0.4, 0.5) is 10.1 Å². The SMILES string of the molecule is Cc1c(F)cc(N)cc1S(=O)(=O)N1CCC[C@H]1CO. The van der Waals surface area contributed by atoms with Crippen molar-refractivity contribution in [1.29, 1.82) is 0 Å². The minimum Gasteiger partial charge on any atom is -0.399 e. The van der Waals surface area contributed by atoms with Crippen molar-refractivity contribution in [3.05, 3.63) is 23.5 Å². The Kier molecular flexibility index (Phi) is 3.80. The summed E-state index contributed by atoms with van der Waals surface area (Å²) in [5.74, 6) is -0.640. The van der Waals surface area contributed by atoms with Crippen LogP contribution in [0.15, 0.2) is 17.0 Å². The zero-order chi connectivity index (χ0) is 14.2. The number of benzene rings is 1. The van der Waals surface area contributed by atoms with Crippen LogP contribution >= 0.6 is 0 Å². The van der Waals surface area contributed by atoms with Gasteiger partial charge in [-0.1, -0.05) is 0 Å². The Hall–Kier alpha value is -1.18. The predicted octanol–water partition coefficient (Wildman–Crippen LogP) is 0.862. The summed E-state index contributed by atoms with van der Waals surface area (Å²) in [7, 11) is -3.82. The van der Waals surface area contributed by atoms with Gasteiger partial charge in [-0.15, -0.1) is 0 Å². The number of aliphatic hydroxyl groups excluding tert-OH is 1. The number of anilines is 1. The summed E-state index contributed by atoms with van der Waals surface area (Å²) in [6.45, 7) is 1.51. The summed E-state index contributed by atoms with van der Waals surface area (Å²) in [4.78, 5) is -0.120. The smallest absolute Gasteiger partial charge is 0.243 e. The molecule has 1 aromatic carbocycles. The van der Waals surface area contributed by atoms with E-state index >= 15 is 0 Å². The van der Waals surface area contributed by atoms with Gasteiger partial charge < -0.3 is 10.8 Å². The highest BCUT2D eigenvalue weighted by Crippen LogP contribution is 2.29. The molecule has 1 aliphatic heterocycles. The van der Waals surface area contributed by atoms with E-state index < -0.39 is 21.9 Å². The van der Waals surface area contributed by atoms with Crippen LogP contribution in [0, 0.1) is 12.7 Å². The zero-order valence-corrected chi connectivity index (χ0v) is 11.5. The van der Waals surface area contributed by atoms with Gasteiger partial charge in [-0.25, -0.2) is 12.8 Å². The van der Waals surface area contributed by atoms with Crippen molar-refractivity contribution in [3.63, 3.8) is 0 Å². The molecule has 0 saturated carbocycles. The van der Waals surface area contributed by atoms with Crippen LogP contribution in [0.1, 0.15) is 18.4 Å². The fourth-order valence-electron chi connectivity index (χ4n) is 2.38. The van der Waals surface area contributed by atoms with Crippen molar-refractivity contribution in [3.8, 4) is 0 Å². The van der Waals surface area contributed by atoms with Crippen LogP contribution in [0.5, 0.6) is 0 Å². The van der Waals surface area contributed by atoms with Gasteiger partial charge in [-0.3, -0.25) is 0 Å². The summed E-state index contributed by atoms with van der Waals surface area (Å²) in [5, 5.41) is 9.22. The maximum atomic E-state index is 13.6. The molecule has 0 bridgehead atoms. The number of hydrogen-bond acceptors (Lipinski definition) is 4. The lowest BCUT2D eigenvalue weighted by molar-refractivity contribution is 0.213. The summed E-state index contributed by atoms with van der Waals surface area (Å²) in [6, 6.07) is 1.93. The van der Waals surface area contributed by atoms with Gasteiger partial charge in [0.2, 0.25) is 10.0 Å². The number of aliphatic hydroxyl groups is 1. The Morgan fingerprint density at radius 1 is 1.53 bits per heavy atom. The standard InChI is InChI=1S/C12H17FN2O3S/c1-8-11(13)5-9(14)6-12(8)19(17,18)15-4-2-3-10(15)7-16/h5-6,10,16H,2-4,7,14H2,1H3/t10-/m0/s1. The first-order chi connectivity index (χ1) is 8.87. The van der Waals surface area contributed by atoms with Gasteiger partial charge in [0.15, 0.2) is 0 Å². The van der Waals surface area contributed by atoms with Gasteiger partial charge in [-0.05, 0) is 31.9 Å². The second-order valence-corrected chi connectivity index (χ2v) is 6.58. The Bertz CT molecular complexity index is 589. The molecule has 3 N–H and O–H groups in total. The molecule has 19 heavy (non-hydrogen) atoms. The largest absolute Gasteiger partial charge is 0.399 e. The van der Waals surface area contributed by atoms with E-state index in [2.05, 4.69) is 0 Å². The maximum absolute atomic E-state index is 13.6. The van der Waals surface area contributed by atoms with Crippen LogP contribution in [-0.2, 0) is 10.0 Å². The first kappa shape index (κ1) is 14.2. The molecule has 1 fully saturated rings. The molecule has 106 valence electrons. The second kappa shape index (κ2) is 5.07. The van der Waals surface area contributed by atoms with Gasteiger partial charge in [-0.2, -0.15) is 4.31 Å². The highest BCUT2D eigenvalue weighted by atomic mass is 32.2. The minimum absolute atomic E-state index is 0.0535. The number of nitrogen functional groups attached to an aromatic ring is 1. The van der Waals surface area contributed by atoms with E-state index in [1.807, 2.05) is 0 Å². The molecule has 0 aliphatic carbocycles. The highest BCUT2D eigenvalue weighted by molar-refractivity contribution is 7.89. The molecule has 7 heteroatoms. The van der Waals surface area contributed by atoms with Gasteiger partial charge in [0.25, 0.3) is 0 Å². The van der Waals surface area contributed by atoms with E-state index in [9.17, 15) is 17.9 Å². The predicted molar refractivity (Wildman–Crippen MR) is 69.5 cm³/mol. The molecule has 1 aliphatic rings. The molecule has 0 aromatic heterocycles. The number of rotatable bonds is 3. The molecule has 1 saturated heterocycles. The summed E-state index contributed by atoms with van der Waals surface area (Å²) >= 11 is 0. The average molecular weight is 288 g/mol. The van der Waals surface area contributed by atoms with Crippen LogP contribution in [0.3, 0.4) is 0 Å². The number of sulfonamides is 1. The second-order valence-electron chi connectivity index (χ2n) is 4.72. The maximum Gasteiger partial charge on any atom is 0.243 e. The minimum atomic E-state index is -3.82. The Labute approximate surface area is 111 Å². The third-order valence-corrected chi connectivity index (χ3v) is 5.52. The fourth-order valence-corrected chi connectivity index (χ4v) is 4.33. The zero-order valence-electron chi connectivity index (χ0n) is 10.6. The third kappa shape index (κ3) is 2.45. The normalized spacial score (nSPS) is 20.9. The van der Waals surface area contributed by atoms with Gasteiger partial charge in [0.1, 0.15) is 5.82 Å². The lowest BCUT2D eigenvalue weighted by atomic mass is 10.2. The van der Waals surface area contributed by atoms with Gasteiger partial charge in [0.05, 0.1) is 11.5 Å². The van der Waals surface area contributed by atoms with E-state index in [0.29, 0.717) is 19.4 Å². The molecule has 2 rings (SSSR count). The van der Waals surface area contributed by atoms with Crippen molar-refractivity contribution in [2.24, 2.45) is 0 Å². The topological polar surface area (TPSA) is 83.6 Å². The van der Waals surface area contributed by atoms with Crippen LogP contribution in [-0.4, -0.2) is 37.0 Å². The Morgan fingerprint density at radius 2 is 2.21 bits per heavy atom. The van der Waals surface area contributed by atoms with Crippen molar-refractivity contribution >= 4 is 15.7 Å². The summed E-state index contributed by atoms with van der Waals surface area (Å²) in [5.41, 5.74) is 5.64. The van der Waals surface area contributed by atoms with E-state index in [0.717, 1.165) is 6.07 Å². The van der Waals surface area contributed by atoms with Crippen LogP contribution in [0.25, 0.3) is 0 Å². The van der Waals surface area contributed by atoms with E-state index in [-0.39, 0.29) is 22.8 Å².